The van der Waals surface area contributed by atoms with E-state index in [1.165, 1.54) is 5.56 Å². The molecule has 1 atom stereocenters. The normalized spacial score (nSPS) is 18.1. The second-order valence-electron chi connectivity index (χ2n) is 5.44. The van der Waals surface area contributed by atoms with E-state index >= 15 is 0 Å². The van der Waals surface area contributed by atoms with Crippen LogP contribution in [0.5, 0.6) is 0 Å². The molecule has 0 spiro atoms. The standard InChI is InChI=1S/C16H24N2O2/c1-3-15(12-19)17-8-10-18(11-9-17)16(20)14-6-4-13(2)5-7-14/h4-7,15,19H,3,8-12H2,1-2H3. The number of hydrogen-bond acceptors (Lipinski definition) is 3. The topological polar surface area (TPSA) is 43.8 Å². The summed E-state index contributed by atoms with van der Waals surface area (Å²) >= 11 is 0. The molecular weight excluding hydrogens is 252 g/mol. The maximum Gasteiger partial charge on any atom is 0.253 e. The maximum absolute atomic E-state index is 12.4. The summed E-state index contributed by atoms with van der Waals surface area (Å²) in [6.45, 7) is 7.47. The number of benzene rings is 1. The third-order valence-corrected chi connectivity index (χ3v) is 4.10. The van der Waals surface area contributed by atoms with Crippen molar-refractivity contribution in [3.63, 3.8) is 0 Å². The Labute approximate surface area is 121 Å². The third kappa shape index (κ3) is 3.38. The summed E-state index contributed by atoms with van der Waals surface area (Å²) in [4.78, 5) is 16.6. The van der Waals surface area contributed by atoms with Gasteiger partial charge in [0.05, 0.1) is 6.61 Å². The van der Waals surface area contributed by atoms with Crippen LogP contribution in [0.3, 0.4) is 0 Å². The van der Waals surface area contributed by atoms with Crippen LogP contribution in [0.4, 0.5) is 0 Å². The molecule has 1 aliphatic rings. The zero-order valence-corrected chi connectivity index (χ0v) is 12.4. The van der Waals surface area contributed by atoms with E-state index in [-0.39, 0.29) is 18.6 Å². The highest BCUT2D eigenvalue weighted by molar-refractivity contribution is 5.94. The van der Waals surface area contributed by atoms with Crippen molar-refractivity contribution >= 4 is 5.91 Å². The molecule has 1 aromatic carbocycles. The van der Waals surface area contributed by atoms with E-state index in [0.29, 0.717) is 0 Å². The first-order valence-electron chi connectivity index (χ1n) is 7.36. The van der Waals surface area contributed by atoms with E-state index in [4.69, 9.17) is 0 Å². The molecule has 4 heteroatoms. The molecule has 1 fully saturated rings. The molecule has 1 heterocycles. The summed E-state index contributed by atoms with van der Waals surface area (Å²) in [5.74, 6) is 0.113. The van der Waals surface area contributed by atoms with Crippen molar-refractivity contribution in [1.29, 1.82) is 0 Å². The van der Waals surface area contributed by atoms with Crippen LogP contribution in [0.25, 0.3) is 0 Å². The molecular formula is C16H24N2O2. The lowest BCUT2D eigenvalue weighted by atomic mass is 10.1. The van der Waals surface area contributed by atoms with Crippen molar-refractivity contribution < 1.29 is 9.90 Å². The number of aliphatic hydroxyl groups is 1. The number of aryl methyl sites for hydroxylation is 1. The number of piperazine rings is 1. The molecule has 1 aliphatic heterocycles. The molecule has 0 aliphatic carbocycles. The average molecular weight is 276 g/mol. The van der Waals surface area contributed by atoms with Crippen LogP contribution in [-0.4, -0.2) is 59.6 Å². The molecule has 110 valence electrons. The molecule has 20 heavy (non-hydrogen) atoms. The van der Waals surface area contributed by atoms with Gasteiger partial charge in [0.15, 0.2) is 0 Å². The van der Waals surface area contributed by atoms with Gasteiger partial charge in [-0.15, -0.1) is 0 Å². The van der Waals surface area contributed by atoms with E-state index in [1.54, 1.807) is 0 Å². The lowest BCUT2D eigenvalue weighted by Crippen LogP contribution is -2.52. The Morgan fingerprint density at radius 2 is 1.80 bits per heavy atom. The van der Waals surface area contributed by atoms with Crippen molar-refractivity contribution in [2.75, 3.05) is 32.8 Å². The number of aliphatic hydroxyl groups excluding tert-OH is 1. The van der Waals surface area contributed by atoms with Gasteiger partial charge in [-0.1, -0.05) is 24.6 Å². The first-order chi connectivity index (χ1) is 9.65. The Bertz CT molecular complexity index is 432. The van der Waals surface area contributed by atoms with Crippen LogP contribution in [0.1, 0.15) is 29.3 Å². The molecule has 0 saturated carbocycles. The fourth-order valence-corrected chi connectivity index (χ4v) is 2.67. The van der Waals surface area contributed by atoms with Gasteiger partial charge in [-0.2, -0.15) is 0 Å². The molecule has 2 rings (SSSR count). The summed E-state index contributed by atoms with van der Waals surface area (Å²) in [6, 6.07) is 7.97. The minimum Gasteiger partial charge on any atom is -0.395 e. The van der Waals surface area contributed by atoms with Crippen LogP contribution in [0.2, 0.25) is 0 Å². The fourth-order valence-electron chi connectivity index (χ4n) is 2.67. The largest absolute Gasteiger partial charge is 0.395 e. The molecule has 1 saturated heterocycles. The summed E-state index contributed by atoms with van der Waals surface area (Å²) in [5, 5.41) is 9.34. The van der Waals surface area contributed by atoms with Crippen molar-refractivity contribution in [2.45, 2.75) is 26.3 Å². The smallest absolute Gasteiger partial charge is 0.253 e. The Morgan fingerprint density at radius 1 is 1.20 bits per heavy atom. The van der Waals surface area contributed by atoms with Gasteiger partial charge in [-0.25, -0.2) is 0 Å². The number of hydrogen-bond donors (Lipinski definition) is 1. The van der Waals surface area contributed by atoms with Gasteiger partial charge < -0.3 is 10.0 Å². The fraction of sp³-hybridized carbons (Fsp3) is 0.562. The summed E-state index contributed by atoms with van der Waals surface area (Å²) in [7, 11) is 0. The summed E-state index contributed by atoms with van der Waals surface area (Å²) < 4.78 is 0. The first-order valence-corrected chi connectivity index (χ1v) is 7.36. The van der Waals surface area contributed by atoms with Crippen molar-refractivity contribution in [3.05, 3.63) is 35.4 Å². The van der Waals surface area contributed by atoms with Crippen LogP contribution >= 0.6 is 0 Å². The zero-order valence-electron chi connectivity index (χ0n) is 12.4. The second kappa shape index (κ2) is 6.86. The minimum atomic E-state index is 0.113. The van der Waals surface area contributed by atoms with Gasteiger partial charge in [0.2, 0.25) is 0 Å². The maximum atomic E-state index is 12.4. The van der Waals surface area contributed by atoms with E-state index < -0.39 is 0 Å². The highest BCUT2D eigenvalue weighted by atomic mass is 16.3. The second-order valence-corrected chi connectivity index (χ2v) is 5.44. The molecule has 0 aromatic heterocycles. The zero-order chi connectivity index (χ0) is 14.5. The van der Waals surface area contributed by atoms with Crippen LogP contribution in [-0.2, 0) is 0 Å². The van der Waals surface area contributed by atoms with E-state index in [1.807, 2.05) is 36.1 Å². The van der Waals surface area contributed by atoms with Gasteiger partial charge in [-0.3, -0.25) is 9.69 Å². The van der Waals surface area contributed by atoms with Gasteiger partial charge in [0.1, 0.15) is 0 Å². The summed E-state index contributed by atoms with van der Waals surface area (Å²) in [5.41, 5.74) is 1.93. The predicted octanol–water partition coefficient (Wildman–Crippen LogP) is 1.52. The Kier molecular flexibility index (Phi) is 5.15. The Hall–Kier alpha value is -1.39. The lowest BCUT2D eigenvalue weighted by molar-refractivity contribution is 0.0472. The van der Waals surface area contributed by atoms with Gasteiger partial charge in [0.25, 0.3) is 5.91 Å². The quantitative estimate of drug-likeness (QED) is 0.907. The Balaban J connectivity index is 1.93. The van der Waals surface area contributed by atoms with Gasteiger partial charge in [0, 0.05) is 37.8 Å². The molecule has 1 amide bonds. The molecule has 0 radical (unpaired) electrons. The number of rotatable bonds is 4. The molecule has 4 nitrogen and oxygen atoms in total. The predicted molar refractivity (Wildman–Crippen MR) is 79.8 cm³/mol. The molecule has 1 aromatic rings. The summed E-state index contributed by atoms with van der Waals surface area (Å²) in [6.07, 6.45) is 0.947. The lowest BCUT2D eigenvalue weighted by Gasteiger charge is -2.38. The number of nitrogens with zero attached hydrogens (tertiary/aromatic N) is 2. The van der Waals surface area contributed by atoms with Gasteiger partial charge in [-0.05, 0) is 25.5 Å². The third-order valence-electron chi connectivity index (χ3n) is 4.10. The molecule has 1 unspecified atom stereocenters. The van der Waals surface area contributed by atoms with E-state index in [0.717, 1.165) is 38.2 Å². The molecule has 1 N–H and O–H groups in total. The monoisotopic (exact) mass is 276 g/mol. The van der Waals surface area contributed by atoms with E-state index in [2.05, 4.69) is 11.8 Å². The van der Waals surface area contributed by atoms with Crippen LogP contribution in [0, 0.1) is 6.92 Å². The number of carbonyl (C=O) groups excluding carboxylic acids is 1. The average Bonchev–Trinajstić information content (AvgIpc) is 2.49. The number of carbonyl (C=O) groups is 1. The van der Waals surface area contributed by atoms with Crippen molar-refractivity contribution in [3.8, 4) is 0 Å². The molecule has 0 bridgehead atoms. The SMILES string of the molecule is CCC(CO)N1CCN(C(=O)c2ccc(C)cc2)CC1. The number of amides is 1. The Morgan fingerprint density at radius 3 is 2.30 bits per heavy atom. The highest BCUT2D eigenvalue weighted by Crippen LogP contribution is 2.12. The highest BCUT2D eigenvalue weighted by Gasteiger charge is 2.25. The van der Waals surface area contributed by atoms with Crippen LogP contribution < -0.4 is 0 Å². The van der Waals surface area contributed by atoms with Gasteiger partial charge >= 0.3 is 0 Å². The van der Waals surface area contributed by atoms with E-state index in [9.17, 15) is 9.90 Å². The van der Waals surface area contributed by atoms with Crippen LogP contribution in [0.15, 0.2) is 24.3 Å². The van der Waals surface area contributed by atoms with Crippen molar-refractivity contribution in [1.82, 2.24) is 9.80 Å². The minimum absolute atomic E-state index is 0.113. The first kappa shape index (κ1) is 15.0. The van der Waals surface area contributed by atoms with Crippen molar-refractivity contribution in [2.24, 2.45) is 0 Å².